The van der Waals surface area contributed by atoms with E-state index in [0.29, 0.717) is 6.54 Å². The van der Waals surface area contributed by atoms with Gasteiger partial charge in [0, 0.05) is 37.9 Å². The minimum Gasteiger partial charge on any atom is -0.444 e. The number of ether oxygens (including phenoxy) is 1. The summed E-state index contributed by atoms with van der Waals surface area (Å²) in [4.78, 5) is 16.6. The minimum absolute atomic E-state index is 0.140. The van der Waals surface area contributed by atoms with Crippen molar-refractivity contribution in [1.29, 1.82) is 0 Å². The number of carbonyl (C=O) groups is 1. The number of rotatable bonds is 1. The number of anilines is 1. The monoisotopic (exact) mass is 331 g/mol. The Morgan fingerprint density at radius 1 is 1.29 bits per heavy atom. The summed E-state index contributed by atoms with van der Waals surface area (Å²) < 4.78 is 5.54. The Bertz CT molecular complexity index is 609. The SMILES string of the molecule is CC1CN(c2cccc3c2CNCC3)CCN1C(=O)OC(C)(C)C. The molecule has 132 valence electrons. The van der Waals surface area contributed by atoms with Gasteiger partial charge in [0.05, 0.1) is 0 Å². The number of nitrogens with one attached hydrogen (secondary N) is 1. The first-order valence-electron chi connectivity index (χ1n) is 8.91. The maximum atomic E-state index is 12.4. The van der Waals surface area contributed by atoms with Gasteiger partial charge in [-0.05, 0) is 57.9 Å². The summed E-state index contributed by atoms with van der Waals surface area (Å²) in [6, 6.07) is 6.74. The predicted molar refractivity (Wildman–Crippen MR) is 96.5 cm³/mol. The molecule has 0 aliphatic carbocycles. The van der Waals surface area contributed by atoms with Crippen molar-refractivity contribution in [1.82, 2.24) is 10.2 Å². The van der Waals surface area contributed by atoms with E-state index in [1.54, 1.807) is 0 Å². The Morgan fingerprint density at radius 2 is 2.08 bits per heavy atom. The van der Waals surface area contributed by atoms with Crippen LogP contribution < -0.4 is 10.2 Å². The van der Waals surface area contributed by atoms with Gasteiger partial charge < -0.3 is 19.9 Å². The number of piperazine rings is 1. The quantitative estimate of drug-likeness (QED) is 0.859. The van der Waals surface area contributed by atoms with Crippen LogP contribution in [0, 0.1) is 0 Å². The molecule has 2 heterocycles. The zero-order chi connectivity index (χ0) is 17.3. The predicted octanol–water partition coefficient (Wildman–Crippen LogP) is 2.78. The molecule has 1 amide bonds. The number of hydrogen-bond donors (Lipinski definition) is 1. The van der Waals surface area contributed by atoms with E-state index in [0.717, 1.165) is 32.6 Å². The molecule has 1 aromatic carbocycles. The van der Waals surface area contributed by atoms with E-state index in [9.17, 15) is 4.79 Å². The maximum Gasteiger partial charge on any atom is 0.410 e. The van der Waals surface area contributed by atoms with Gasteiger partial charge in [0.25, 0.3) is 0 Å². The number of amides is 1. The van der Waals surface area contributed by atoms with E-state index < -0.39 is 5.60 Å². The number of carbonyl (C=O) groups excluding carboxylic acids is 1. The summed E-state index contributed by atoms with van der Waals surface area (Å²) in [5.41, 5.74) is 3.74. The van der Waals surface area contributed by atoms with Gasteiger partial charge in [-0.25, -0.2) is 4.79 Å². The van der Waals surface area contributed by atoms with E-state index in [1.807, 2.05) is 25.7 Å². The van der Waals surface area contributed by atoms with Gasteiger partial charge in [-0.2, -0.15) is 0 Å². The van der Waals surface area contributed by atoms with E-state index >= 15 is 0 Å². The standard InChI is InChI=1S/C19H29N3O2/c1-14-13-21(10-11-22(14)18(23)24-19(2,3)4)17-7-5-6-15-8-9-20-12-16(15)17/h5-7,14,20H,8-13H2,1-4H3. The van der Waals surface area contributed by atoms with Gasteiger partial charge in [0.2, 0.25) is 0 Å². The second kappa shape index (κ2) is 6.63. The fourth-order valence-corrected chi connectivity index (χ4v) is 3.56. The van der Waals surface area contributed by atoms with Gasteiger partial charge >= 0.3 is 6.09 Å². The second-order valence-electron chi connectivity index (χ2n) is 7.81. The molecule has 0 aromatic heterocycles. The molecule has 0 spiro atoms. The molecule has 1 aromatic rings. The lowest BCUT2D eigenvalue weighted by Crippen LogP contribution is -2.55. The molecule has 2 aliphatic rings. The van der Waals surface area contributed by atoms with Crippen molar-refractivity contribution >= 4 is 11.8 Å². The first kappa shape index (κ1) is 17.1. The highest BCUT2D eigenvalue weighted by Crippen LogP contribution is 2.28. The molecule has 1 saturated heterocycles. The fourth-order valence-electron chi connectivity index (χ4n) is 3.56. The van der Waals surface area contributed by atoms with Gasteiger partial charge in [-0.3, -0.25) is 0 Å². The van der Waals surface area contributed by atoms with Gasteiger partial charge in [0.1, 0.15) is 5.60 Å². The molecular weight excluding hydrogens is 302 g/mol. The molecule has 0 saturated carbocycles. The van der Waals surface area contributed by atoms with Gasteiger partial charge in [-0.1, -0.05) is 12.1 Å². The van der Waals surface area contributed by atoms with Crippen LogP contribution in [-0.4, -0.2) is 48.8 Å². The Hall–Kier alpha value is -1.75. The normalized spacial score (nSPS) is 21.4. The molecule has 5 heteroatoms. The molecule has 2 aliphatic heterocycles. The van der Waals surface area contributed by atoms with Crippen LogP contribution in [0.1, 0.15) is 38.8 Å². The van der Waals surface area contributed by atoms with Crippen molar-refractivity contribution < 1.29 is 9.53 Å². The lowest BCUT2D eigenvalue weighted by Gasteiger charge is -2.42. The average Bonchev–Trinajstić information content (AvgIpc) is 2.52. The van der Waals surface area contributed by atoms with Crippen LogP contribution in [0.15, 0.2) is 18.2 Å². The van der Waals surface area contributed by atoms with Crippen molar-refractivity contribution in [2.75, 3.05) is 31.1 Å². The summed E-state index contributed by atoms with van der Waals surface area (Å²) in [5.74, 6) is 0. The lowest BCUT2D eigenvalue weighted by atomic mass is 9.98. The third kappa shape index (κ3) is 3.66. The molecule has 3 rings (SSSR count). The Kier molecular flexibility index (Phi) is 4.72. The molecule has 0 radical (unpaired) electrons. The zero-order valence-corrected chi connectivity index (χ0v) is 15.3. The van der Waals surface area contributed by atoms with Crippen molar-refractivity contribution in [2.24, 2.45) is 0 Å². The summed E-state index contributed by atoms with van der Waals surface area (Å²) in [7, 11) is 0. The van der Waals surface area contributed by atoms with Crippen LogP contribution in [0.4, 0.5) is 10.5 Å². The Labute approximate surface area is 145 Å². The third-order valence-corrected chi connectivity index (χ3v) is 4.72. The van der Waals surface area contributed by atoms with Crippen LogP contribution in [-0.2, 0) is 17.7 Å². The summed E-state index contributed by atoms with van der Waals surface area (Å²) >= 11 is 0. The van der Waals surface area contributed by atoms with E-state index in [1.165, 1.54) is 16.8 Å². The van der Waals surface area contributed by atoms with Crippen LogP contribution >= 0.6 is 0 Å². The van der Waals surface area contributed by atoms with Gasteiger partial charge in [0.15, 0.2) is 0 Å². The number of fused-ring (bicyclic) bond motifs is 1. The minimum atomic E-state index is -0.446. The van der Waals surface area contributed by atoms with Crippen molar-refractivity contribution in [3.63, 3.8) is 0 Å². The Balaban J connectivity index is 1.71. The van der Waals surface area contributed by atoms with Crippen LogP contribution in [0.25, 0.3) is 0 Å². The molecular formula is C19H29N3O2. The smallest absolute Gasteiger partial charge is 0.410 e. The van der Waals surface area contributed by atoms with E-state index in [-0.39, 0.29) is 12.1 Å². The highest BCUT2D eigenvalue weighted by atomic mass is 16.6. The summed E-state index contributed by atoms with van der Waals surface area (Å²) in [6.45, 7) is 12.2. The lowest BCUT2D eigenvalue weighted by molar-refractivity contribution is 0.0159. The van der Waals surface area contributed by atoms with Crippen LogP contribution in [0.5, 0.6) is 0 Å². The topological polar surface area (TPSA) is 44.8 Å². The molecule has 1 unspecified atom stereocenters. The molecule has 0 bridgehead atoms. The highest BCUT2D eigenvalue weighted by molar-refractivity contribution is 5.69. The Morgan fingerprint density at radius 3 is 2.79 bits per heavy atom. The molecule has 24 heavy (non-hydrogen) atoms. The van der Waals surface area contributed by atoms with E-state index in [2.05, 4.69) is 35.3 Å². The first-order chi connectivity index (χ1) is 11.3. The summed E-state index contributed by atoms with van der Waals surface area (Å²) in [6.07, 6.45) is 0.891. The molecule has 1 N–H and O–H groups in total. The number of benzene rings is 1. The van der Waals surface area contributed by atoms with Gasteiger partial charge in [-0.15, -0.1) is 0 Å². The zero-order valence-electron chi connectivity index (χ0n) is 15.3. The number of hydrogen-bond acceptors (Lipinski definition) is 4. The van der Waals surface area contributed by atoms with Crippen molar-refractivity contribution in [3.05, 3.63) is 29.3 Å². The summed E-state index contributed by atoms with van der Waals surface area (Å²) in [5, 5.41) is 3.47. The maximum absolute atomic E-state index is 12.4. The molecule has 1 fully saturated rings. The highest BCUT2D eigenvalue weighted by Gasteiger charge is 2.31. The largest absolute Gasteiger partial charge is 0.444 e. The average molecular weight is 331 g/mol. The second-order valence-corrected chi connectivity index (χ2v) is 7.81. The van der Waals surface area contributed by atoms with Crippen molar-refractivity contribution in [3.8, 4) is 0 Å². The van der Waals surface area contributed by atoms with E-state index in [4.69, 9.17) is 4.74 Å². The van der Waals surface area contributed by atoms with Crippen LogP contribution in [0.3, 0.4) is 0 Å². The first-order valence-corrected chi connectivity index (χ1v) is 8.91. The van der Waals surface area contributed by atoms with Crippen LogP contribution in [0.2, 0.25) is 0 Å². The van der Waals surface area contributed by atoms with Crippen molar-refractivity contribution in [2.45, 2.75) is 52.3 Å². The molecule has 1 atom stereocenters. The molecule has 5 nitrogen and oxygen atoms in total. The third-order valence-electron chi connectivity index (χ3n) is 4.72. The number of nitrogens with zero attached hydrogens (tertiary/aromatic N) is 2. The fraction of sp³-hybridized carbons (Fsp3) is 0.632.